The fraction of sp³-hybridized carbons (Fsp3) is 0. The van der Waals surface area contributed by atoms with E-state index in [9.17, 15) is 5.48 Å². The minimum Gasteiger partial charge on any atom is -0.311 e. The highest BCUT2D eigenvalue weighted by molar-refractivity contribution is 6.11. The van der Waals surface area contributed by atoms with Crippen molar-refractivity contribution in [2.75, 3.05) is 9.80 Å². The fourth-order valence-electron chi connectivity index (χ4n) is 8.49. The molecular weight excluding hydrogens is 739 g/mol. The van der Waals surface area contributed by atoms with Crippen LogP contribution in [0.4, 0.5) is 34.1 Å². The minimum absolute atomic E-state index is 0.0945. The molecular formula is C58H41N3. The summed E-state index contributed by atoms with van der Waals surface area (Å²) in [5.41, 5.74) is 11.2. The maximum absolute atomic E-state index is 9.32. The van der Waals surface area contributed by atoms with Gasteiger partial charge in [-0.05, 0) is 136 Å². The van der Waals surface area contributed by atoms with Crippen LogP contribution in [-0.4, -0.2) is 4.57 Å². The zero-order valence-electron chi connectivity index (χ0n) is 37.2. The lowest BCUT2D eigenvalue weighted by Gasteiger charge is -2.26. The molecule has 3 nitrogen and oxygen atoms in total. The first kappa shape index (κ1) is 31.8. The maximum atomic E-state index is 9.32. The van der Waals surface area contributed by atoms with E-state index >= 15 is 0 Å². The van der Waals surface area contributed by atoms with Gasteiger partial charge in [0, 0.05) is 50.6 Å². The van der Waals surface area contributed by atoms with E-state index in [2.05, 4.69) is 143 Å². The molecule has 0 N–H and O–H groups in total. The van der Waals surface area contributed by atoms with Gasteiger partial charge in [-0.15, -0.1) is 0 Å². The first-order chi connectivity index (χ1) is 31.9. The van der Waals surface area contributed by atoms with Gasteiger partial charge >= 0.3 is 0 Å². The summed E-state index contributed by atoms with van der Waals surface area (Å²) in [6.45, 7) is 0. The zero-order chi connectivity index (χ0) is 44.0. The molecule has 0 spiro atoms. The summed E-state index contributed by atoms with van der Waals surface area (Å²) in [6, 6.07) is 75.8. The van der Waals surface area contributed by atoms with Gasteiger partial charge in [-0.1, -0.05) is 146 Å². The van der Waals surface area contributed by atoms with Crippen molar-refractivity contribution in [2.45, 2.75) is 0 Å². The molecule has 0 aliphatic rings. The molecule has 288 valence electrons. The zero-order valence-corrected chi connectivity index (χ0v) is 33.2. The predicted molar refractivity (Wildman–Crippen MR) is 259 cm³/mol. The summed E-state index contributed by atoms with van der Waals surface area (Å²) >= 11 is 0. The Bertz CT molecular complexity index is 3450. The number of rotatable bonds is 9. The summed E-state index contributed by atoms with van der Waals surface area (Å²) in [4.78, 5) is 4.09. The van der Waals surface area contributed by atoms with Crippen molar-refractivity contribution < 1.29 is 5.48 Å². The van der Waals surface area contributed by atoms with Crippen molar-refractivity contribution in [1.82, 2.24) is 4.57 Å². The molecule has 0 bridgehead atoms. The summed E-state index contributed by atoms with van der Waals surface area (Å²) in [5.74, 6) is 0. The number of nitrogens with zero attached hydrogens (tertiary/aromatic N) is 3. The van der Waals surface area contributed by atoms with Gasteiger partial charge in [-0.25, -0.2) is 0 Å². The number of fused-ring (bicyclic) bond motifs is 4. The van der Waals surface area contributed by atoms with Gasteiger partial charge < -0.3 is 14.4 Å². The minimum atomic E-state index is -0.109. The van der Waals surface area contributed by atoms with Gasteiger partial charge in [0.15, 0.2) is 0 Å². The van der Waals surface area contributed by atoms with Crippen LogP contribution in [0.3, 0.4) is 0 Å². The molecule has 3 heteroatoms. The van der Waals surface area contributed by atoms with Crippen molar-refractivity contribution in [3.05, 3.63) is 249 Å². The summed E-state index contributed by atoms with van der Waals surface area (Å²) in [7, 11) is 0. The number of benzene rings is 10. The second-order valence-electron chi connectivity index (χ2n) is 15.1. The van der Waals surface area contributed by atoms with Gasteiger partial charge in [-0.3, -0.25) is 0 Å². The van der Waals surface area contributed by atoms with Gasteiger partial charge in [0.25, 0.3) is 0 Å². The first-order valence-corrected chi connectivity index (χ1v) is 20.5. The quantitative estimate of drug-likeness (QED) is 0.144. The van der Waals surface area contributed by atoms with Crippen LogP contribution in [0, 0.1) is 0 Å². The standard InChI is InChI=1S/C58H41N3/c1-5-15-42(16-6-1)43-27-32-52(33-28-43)60(54-37-38-58-56(41-54)55-23-13-14-24-57(55)61(58)50-21-11-4-12-22-50)53-36-31-46-39-45(25-26-47(46)40-53)44-29-34-51(35-30-44)59(48-17-7-2-8-18-48)49-19-9-3-10-20-49/h1-41H/i29D,30D,34D,35D. The molecule has 0 unspecified atom stereocenters. The van der Waals surface area contributed by atoms with Crippen molar-refractivity contribution >= 4 is 66.7 Å². The normalized spacial score (nSPS) is 12.2. The maximum Gasteiger partial charge on any atom is 0.0645 e. The second kappa shape index (κ2) is 15.6. The first-order valence-electron chi connectivity index (χ1n) is 22.5. The average molecular weight is 784 g/mol. The monoisotopic (exact) mass is 783 g/mol. The Kier molecular flexibility index (Phi) is 8.11. The Labute approximate surface area is 361 Å². The molecule has 0 radical (unpaired) electrons. The lowest BCUT2D eigenvalue weighted by molar-refractivity contribution is 1.18. The SMILES string of the molecule is [2H]c1c([2H])c(N(c2ccccc2)c2ccccc2)c([2H])c([2H])c1-c1ccc2cc(N(c3ccc(-c4ccccc4)cc3)c3ccc4c(c3)c3ccccc3n4-c3ccccc3)ccc2c1. The number of hydrogen-bond donors (Lipinski definition) is 0. The molecule has 1 heterocycles. The topological polar surface area (TPSA) is 11.4 Å². The highest BCUT2D eigenvalue weighted by Crippen LogP contribution is 2.42. The van der Waals surface area contributed by atoms with Crippen LogP contribution in [0.2, 0.25) is 0 Å². The highest BCUT2D eigenvalue weighted by atomic mass is 15.1. The van der Waals surface area contributed by atoms with E-state index in [1.54, 1.807) is 4.90 Å². The third-order valence-electron chi connectivity index (χ3n) is 11.4. The molecule has 0 amide bonds. The Morgan fingerprint density at radius 3 is 1.48 bits per heavy atom. The molecule has 10 aromatic carbocycles. The molecule has 1 aromatic heterocycles. The largest absolute Gasteiger partial charge is 0.311 e. The van der Waals surface area contributed by atoms with E-state index in [0.29, 0.717) is 5.56 Å². The van der Waals surface area contributed by atoms with E-state index in [-0.39, 0.29) is 35.4 Å². The van der Waals surface area contributed by atoms with E-state index in [4.69, 9.17) is 0 Å². The van der Waals surface area contributed by atoms with Crippen LogP contribution >= 0.6 is 0 Å². The fourth-order valence-corrected chi connectivity index (χ4v) is 8.49. The smallest absolute Gasteiger partial charge is 0.0645 e. The van der Waals surface area contributed by atoms with Crippen LogP contribution in [-0.2, 0) is 0 Å². The number of anilines is 6. The third kappa shape index (κ3) is 6.78. The van der Waals surface area contributed by atoms with E-state index < -0.39 is 0 Å². The Balaban J connectivity index is 1.02. The van der Waals surface area contributed by atoms with Crippen LogP contribution < -0.4 is 9.80 Å². The van der Waals surface area contributed by atoms with E-state index in [0.717, 1.165) is 72.4 Å². The second-order valence-corrected chi connectivity index (χ2v) is 15.1. The Morgan fingerprint density at radius 2 is 0.770 bits per heavy atom. The summed E-state index contributed by atoms with van der Waals surface area (Å²) < 4.78 is 39.6. The molecule has 0 saturated heterocycles. The molecule has 0 atom stereocenters. The lowest BCUT2D eigenvalue weighted by Crippen LogP contribution is -2.10. The van der Waals surface area contributed by atoms with Crippen molar-refractivity contribution in [1.29, 1.82) is 0 Å². The van der Waals surface area contributed by atoms with Crippen LogP contribution in [0.15, 0.2) is 249 Å². The van der Waals surface area contributed by atoms with Gasteiger partial charge in [0.1, 0.15) is 0 Å². The van der Waals surface area contributed by atoms with E-state index in [1.807, 2.05) is 91.0 Å². The van der Waals surface area contributed by atoms with Crippen LogP contribution in [0.1, 0.15) is 5.48 Å². The summed E-state index contributed by atoms with van der Waals surface area (Å²) in [6.07, 6.45) is 0. The van der Waals surface area contributed by atoms with E-state index in [1.165, 1.54) is 5.39 Å². The number of hydrogen-bond acceptors (Lipinski definition) is 2. The van der Waals surface area contributed by atoms with Crippen molar-refractivity contribution in [3.63, 3.8) is 0 Å². The molecule has 61 heavy (non-hydrogen) atoms. The molecule has 11 rings (SSSR count). The van der Waals surface area contributed by atoms with Gasteiger partial charge in [0.05, 0.1) is 16.5 Å². The highest BCUT2D eigenvalue weighted by Gasteiger charge is 2.18. The van der Waals surface area contributed by atoms with Crippen LogP contribution in [0.5, 0.6) is 0 Å². The molecule has 0 fully saturated rings. The Morgan fingerprint density at radius 1 is 0.295 bits per heavy atom. The number of aromatic nitrogens is 1. The van der Waals surface area contributed by atoms with Crippen molar-refractivity contribution in [2.24, 2.45) is 0 Å². The van der Waals surface area contributed by atoms with Crippen LogP contribution in [0.25, 0.3) is 60.5 Å². The summed E-state index contributed by atoms with van der Waals surface area (Å²) in [5, 5.41) is 4.22. The molecule has 0 aliphatic heterocycles. The molecule has 0 saturated carbocycles. The lowest BCUT2D eigenvalue weighted by atomic mass is 10.00. The van der Waals surface area contributed by atoms with Crippen molar-refractivity contribution in [3.8, 4) is 27.9 Å². The van der Waals surface area contributed by atoms with Gasteiger partial charge in [0.2, 0.25) is 0 Å². The predicted octanol–water partition coefficient (Wildman–Crippen LogP) is 16.2. The Hall–Kier alpha value is -8.14. The molecule has 11 aromatic rings. The average Bonchev–Trinajstić information content (AvgIpc) is 3.70. The number of para-hydroxylation sites is 4. The molecule has 0 aliphatic carbocycles. The third-order valence-corrected chi connectivity index (χ3v) is 11.4. The van der Waals surface area contributed by atoms with Gasteiger partial charge in [-0.2, -0.15) is 0 Å².